The lowest BCUT2D eigenvalue weighted by atomic mass is 9.90. The van der Waals surface area contributed by atoms with Gasteiger partial charge in [-0.25, -0.2) is 9.97 Å². The molecule has 9 heteroatoms. The van der Waals surface area contributed by atoms with Crippen LogP contribution in [0.2, 0.25) is 0 Å². The van der Waals surface area contributed by atoms with Crippen molar-refractivity contribution in [3.05, 3.63) is 47.3 Å². The number of hydrogen-bond acceptors (Lipinski definition) is 7. The highest BCUT2D eigenvalue weighted by Gasteiger charge is 2.42. The molecule has 2 amide bonds. The fourth-order valence-corrected chi connectivity index (χ4v) is 4.37. The van der Waals surface area contributed by atoms with E-state index in [0.29, 0.717) is 48.9 Å². The zero-order chi connectivity index (χ0) is 24.5. The van der Waals surface area contributed by atoms with Crippen LogP contribution in [0.4, 0.5) is 11.6 Å². The molecule has 0 radical (unpaired) electrons. The van der Waals surface area contributed by atoms with Crippen LogP contribution in [0.25, 0.3) is 0 Å². The first kappa shape index (κ1) is 23.7. The van der Waals surface area contributed by atoms with Gasteiger partial charge < -0.3 is 25.5 Å². The molecule has 2 atom stereocenters. The average molecular weight is 463 g/mol. The van der Waals surface area contributed by atoms with Crippen LogP contribution in [0.3, 0.4) is 0 Å². The third kappa shape index (κ3) is 4.34. The van der Waals surface area contributed by atoms with E-state index < -0.39 is 5.60 Å². The molecular weight excluding hydrogens is 432 g/mol. The SMILES string of the molecule is C#Cc1ccc([C@@](O)(CNC(C)C)C(=O)N2CCN(c3ncnc4c3C(C)C(=O)N4)CC2)cc1. The minimum Gasteiger partial charge on any atom is -0.374 e. The van der Waals surface area contributed by atoms with Crippen LogP contribution in [0.15, 0.2) is 30.6 Å². The van der Waals surface area contributed by atoms with Crippen molar-refractivity contribution >= 4 is 23.5 Å². The first-order valence-electron chi connectivity index (χ1n) is 11.5. The number of fused-ring (bicyclic) bond motifs is 1. The third-order valence-electron chi connectivity index (χ3n) is 6.45. The summed E-state index contributed by atoms with van der Waals surface area (Å²) >= 11 is 0. The lowest BCUT2D eigenvalue weighted by Gasteiger charge is -2.40. The van der Waals surface area contributed by atoms with Gasteiger partial charge in [0.25, 0.3) is 5.91 Å². The van der Waals surface area contributed by atoms with Gasteiger partial charge in [0, 0.05) is 49.9 Å². The molecular formula is C25H30N6O3. The van der Waals surface area contributed by atoms with Crippen LogP contribution in [-0.2, 0) is 15.2 Å². The molecule has 1 aromatic heterocycles. The van der Waals surface area contributed by atoms with Gasteiger partial charge in [-0.1, -0.05) is 31.9 Å². The molecule has 2 aliphatic rings. The van der Waals surface area contributed by atoms with Gasteiger partial charge in [0.1, 0.15) is 18.0 Å². The maximum Gasteiger partial charge on any atom is 0.260 e. The van der Waals surface area contributed by atoms with E-state index in [4.69, 9.17) is 6.42 Å². The van der Waals surface area contributed by atoms with Crippen LogP contribution < -0.4 is 15.5 Å². The molecule has 0 spiro atoms. The van der Waals surface area contributed by atoms with E-state index in [-0.39, 0.29) is 30.3 Å². The number of rotatable bonds is 6. The number of hydrogen-bond donors (Lipinski definition) is 3. The highest BCUT2D eigenvalue weighted by atomic mass is 16.3. The maximum absolute atomic E-state index is 13.6. The summed E-state index contributed by atoms with van der Waals surface area (Å²) < 4.78 is 0. The summed E-state index contributed by atoms with van der Waals surface area (Å²) in [5.74, 6) is 3.04. The van der Waals surface area contributed by atoms with Gasteiger partial charge in [0.05, 0.1) is 5.92 Å². The fraction of sp³-hybridized carbons (Fsp3) is 0.440. The number of terminal acetylenes is 1. The second kappa shape index (κ2) is 9.41. The molecule has 1 saturated heterocycles. The molecule has 178 valence electrons. The molecule has 9 nitrogen and oxygen atoms in total. The molecule has 4 rings (SSSR count). The van der Waals surface area contributed by atoms with Gasteiger partial charge in [-0.05, 0) is 24.6 Å². The molecule has 3 heterocycles. The van der Waals surface area contributed by atoms with Gasteiger partial charge in [-0.3, -0.25) is 9.59 Å². The normalized spacial score (nSPS) is 19.4. The number of aromatic nitrogens is 2. The van der Waals surface area contributed by atoms with Gasteiger partial charge in [0.2, 0.25) is 5.91 Å². The number of anilines is 2. The lowest BCUT2D eigenvalue weighted by molar-refractivity contribution is -0.152. The van der Waals surface area contributed by atoms with Crippen molar-refractivity contribution in [1.82, 2.24) is 20.2 Å². The quantitative estimate of drug-likeness (QED) is 0.551. The van der Waals surface area contributed by atoms with Crippen molar-refractivity contribution in [3.63, 3.8) is 0 Å². The standard InChI is InChI=1S/C25H30N6O3/c1-5-18-6-8-19(9-7-18)25(34,14-26-16(2)3)24(33)31-12-10-30(11-13-31)22-20-17(4)23(32)29-21(20)27-15-28-22/h1,6-9,15-17,26,34H,10-14H2,2-4H3,(H,27,28,29,32)/t17?,25-/m0/s1. The Hall–Kier alpha value is -3.48. The molecule has 0 saturated carbocycles. The number of benzene rings is 1. The molecule has 2 aliphatic heterocycles. The molecule has 1 unspecified atom stereocenters. The van der Waals surface area contributed by atoms with Crippen molar-refractivity contribution in [3.8, 4) is 12.3 Å². The van der Waals surface area contributed by atoms with Crippen LogP contribution in [0.1, 0.15) is 43.4 Å². The van der Waals surface area contributed by atoms with Gasteiger partial charge in [0.15, 0.2) is 5.60 Å². The van der Waals surface area contributed by atoms with Crippen LogP contribution in [0.5, 0.6) is 0 Å². The number of piperazine rings is 1. The second-order valence-electron chi connectivity index (χ2n) is 9.07. The molecule has 34 heavy (non-hydrogen) atoms. The number of carbonyl (C=O) groups is 2. The smallest absolute Gasteiger partial charge is 0.260 e. The summed E-state index contributed by atoms with van der Waals surface area (Å²) in [6.45, 7) is 7.74. The van der Waals surface area contributed by atoms with Crippen LogP contribution >= 0.6 is 0 Å². The zero-order valence-electron chi connectivity index (χ0n) is 19.7. The predicted molar refractivity (Wildman–Crippen MR) is 129 cm³/mol. The fourth-order valence-electron chi connectivity index (χ4n) is 4.37. The number of nitrogens with zero attached hydrogens (tertiary/aromatic N) is 4. The van der Waals surface area contributed by atoms with Gasteiger partial charge >= 0.3 is 0 Å². The van der Waals surface area contributed by atoms with Gasteiger partial charge in [-0.2, -0.15) is 0 Å². The van der Waals surface area contributed by atoms with Crippen molar-refractivity contribution in [2.75, 3.05) is 42.9 Å². The van der Waals surface area contributed by atoms with Crippen molar-refractivity contribution in [2.24, 2.45) is 0 Å². The van der Waals surface area contributed by atoms with E-state index in [9.17, 15) is 14.7 Å². The Morgan fingerprint density at radius 1 is 1.26 bits per heavy atom. The second-order valence-corrected chi connectivity index (χ2v) is 9.07. The Labute approximate surface area is 199 Å². The molecule has 0 bridgehead atoms. The van der Waals surface area contributed by atoms with Crippen molar-refractivity contribution in [1.29, 1.82) is 0 Å². The highest BCUT2D eigenvalue weighted by molar-refractivity contribution is 6.03. The van der Waals surface area contributed by atoms with E-state index in [1.165, 1.54) is 6.33 Å². The number of carbonyl (C=O) groups excluding carboxylic acids is 2. The molecule has 2 aromatic rings. The molecule has 3 N–H and O–H groups in total. The predicted octanol–water partition coefficient (Wildman–Crippen LogP) is 1.05. The van der Waals surface area contributed by atoms with Gasteiger partial charge in [-0.15, -0.1) is 6.42 Å². The van der Waals surface area contributed by atoms with E-state index in [0.717, 1.165) is 5.56 Å². The van der Waals surface area contributed by atoms with Crippen molar-refractivity contribution in [2.45, 2.75) is 38.3 Å². The van der Waals surface area contributed by atoms with E-state index in [1.54, 1.807) is 29.2 Å². The monoisotopic (exact) mass is 462 g/mol. The zero-order valence-corrected chi connectivity index (χ0v) is 19.7. The summed E-state index contributed by atoms with van der Waals surface area (Å²) in [5, 5.41) is 17.6. The first-order chi connectivity index (χ1) is 16.2. The molecule has 0 aliphatic carbocycles. The number of nitrogens with one attached hydrogen (secondary N) is 2. The number of amides is 2. The van der Waals surface area contributed by atoms with Crippen molar-refractivity contribution < 1.29 is 14.7 Å². The summed E-state index contributed by atoms with van der Waals surface area (Å²) in [4.78, 5) is 38.1. The minimum absolute atomic E-state index is 0.0871. The Kier molecular flexibility index (Phi) is 6.55. The molecule has 1 aromatic carbocycles. The van der Waals surface area contributed by atoms with Crippen LogP contribution in [-0.4, -0.2) is 70.6 Å². The third-order valence-corrected chi connectivity index (χ3v) is 6.45. The Bertz CT molecular complexity index is 1120. The van der Waals surface area contributed by atoms with E-state index in [1.807, 2.05) is 20.8 Å². The Morgan fingerprint density at radius 2 is 1.94 bits per heavy atom. The van der Waals surface area contributed by atoms with E-state index >= 15 is 0 Å². The van der Waals surface area contributed by atoms with E-state index in [2.05, 4.69) is 31.4 Å². The molecule has 1 fully saturated rings. The summed E-state index contributed by atoms with van der Waals surface area (Å²) in [5.41, 5.74) is 0.252. The Morgan fingerprint density at radius 3 is 2.56 bits per heavy atom. The summed E-state index contributed by atoms with van der Waals surface area (Å²) in [6, 6.07) is 6.97. The first-order valence-corrected chi connectivity index (χ1v) is 11.5. The minimum atomic E-state index is -1.72. The summed E-state index contributed by atoms with van der Waals surface area (Å²) in [7, 11) is 0. The largest absolute Gasteiger partial charge is 0.374 e. The summed E-state index contributed by atoms with van der Waals surface area (Å²) in [6.07, 6.45) is 6.90. The topological polar surface area (TPSA) is 111 Å². The Balaban J connectivity index is 1.52. The average Bonchev–Trinajstić information content (AvgIpc) is 3.15. The highest BCUT2D eigenvalue weighted by Crippen LogP contribution is 2.37. The maximum atomic E-state index is 13.6. The van der Waals surface area contributed by atoms with Crippen LogP contribution in [0, 0.1) is 12.3 Å². The number of aliphatic hydroxyl groups is 1. The lowest BCUT2D eigenvalue weighted by Crippen LogP contribution is -2.58.